The van der Waals surface area contributed by atoms with Crippen molar-refractivity contribution in [2.24, 2.45) is 11.8 Å². The van der Waals surface area contributed by atoms with E-state index < -0.39 is 20.7 Å². The normalized spacial score (nSPS) is 13.9. The van der Waals surface area contributed by atoms with Crippen LogP contribution >= 0.6 is 0 Å². The molecule has 0 aromatic heterocycles. The Kier molecular flexibility index (Phi) is 10.7. The molecule has 2 atom stereocenters. The maximum atomic E-state index is 14.5. The Morgan fingerprint density at radius 1 is 0.535 bits per heavy atom. The molecule has 0 radical (unpaired) electrons. The van der Waals surface area contributed by atoms with Crippen LogP contribution in [0.2, 0.25) is 0 Å². The molecular formula is C38H46O4S. The number of sulfone groups is 1. The van der Waals surface area contributed by atoms with E-state index in [1.807, 2.05) is 97.1 Å². The van der Waals surface area contributed by atoms with Crippen LogP contribution in [-0.4, -0.2) is 21.6 Å². The van der Waals surface area contributed by atoms with Gasteiger partial charge in [0.05, 0.1) is 36.2 Å². The van der Waals surface area contributed by atoms with Crippen molar-refractivity contribution in [2.45, 2.75) is 75.4 Å². The minimum absolute atomic E-state index is 0.0704. The largest absolute Gasteiger partial charge is 0.376 e. The van der Waals surface area contributed by atoms with Crippen LogP contribution in [0.15, 0.2) is 119 Å². The zero-order valence-corrected chi connectivity index (χ0v) is 27.2. The van der Waals surface area contributed by atoms with Crippen molar-refractivity contribution in [3.63, 3.8) is 0 Å². The quantitative estimate of drug-likeness (QED) is 0.146. The van der Waals surface area contributed by atoms with E-state index in [1.54, 1.807) is 12.1 Å². The highest BCUT2D eigenvalue weighted by Gasteiger charge is 2.38. The van der Waals surface area contributed by atoms with E-state index in [9.17, 15) is 8.42 Å². The molecule has 0 fully saturated rings. The van der Waals surface area contributed by atoms with Gasteiger partial charge in [-0.1, -0.05) is 139 Å². The van der Waals surface area contributed by atoms with Crippen LogP contribution in [0, 0.1) is 11.8 Å². The van der Waals surface area contributed by atoms with Crippen molar-refractivity contribution < 1.29 is 17.9 Å². The van der Waals surface area contributed by atoms with Gasteiger partial charge in [0, 0.05) is 0 Å². The first-order chi connectivity index (χ1) is 20.5. The molecule has 0 N–H and O–H groups in total. The third kappa shape index (κ3) is 7.64. The van der Waals surface area contributed by atoms with Gasteiger partial charge in [0.2, 0.25) is 9.84 Å². The summed E-state index contributed by atoms with van der Waals surface area (Å²) in [4.78, 5) is 0.706. The van der Waals surface area contributed by atoms with Crippen molar-refractivity contribution in [1.29, 1.82) is 0 Å². The zero-order valence-electron chi connectivity index (χ0n) is 26.4. The number of rotatable bonds is 14. The summed E-state index contributed by atoms with van der Waals surface area (Å²) in [6.45, 7) is 14.8. The number of hydrogen-bond acceptors (Lipinski definition) is 4. The SMILES string of the molecule is C[C@@H](COCc1ccccc1)C(C)(C)c1ccccc1S(=O)(=O)c1ccccc1C(C)(C)[C@@H](C)COCc1ccccc1. The molecule has 4 nitrogen and oxygen atoms in total. The van der Waals surface area contributed by atoms with Crippen LogP contribution in [0.1, 0.15) is 63.8 Å². The molecule has 43 heavy (non-hydrogen) atoms. The molecule has 5 heteroatoms. The van der Waals surface area contributed by atoms with Gasteiger partial charge in [-0.25, -0.2) is 8.42 Å². The number of benzene rings is 4. The Labute approximate surface area is 259 Å². The van der Waals surface area contributed by atoms with Gasteiger partial charge in [-0.2, -0.15) is 0 Å². The van der Waals surface area contributed by atoms with Gasteiger partial charge >= 0.3 is 0 Å². The summed E-state index contributed by atoms with van der Waals surface area (Å²) in [5, 5.41) is 0. The molecule has 0 amide bonds. The molecule has 0 aliphatic rings. The highest BCUT2D eigenvalue weighted by molar-refractivity contribution is 7.91. The fourth-order valence-corrected chi connectivity index (χ4v) is 7.38. The molecule has 4 rings (SSSR count). The van der Waals surface area contributed by atoms with Crippen LogP contribution in [0.5, 0.6) is 0 Å². The van der Waals surface area contributed by atoms with Crippen LogP contribution in [0.3, 0.4) is 0 Å². The smallest absolute Gasteiger partial charge is 0.207 e. The Morgan fingerprint density at radius 3 is 1.23 bits per heavy atom. The topological polar surface area (TPSA) is 52.6 Å². The molecule has 0 saturated carbocycles. The summed E-state index contributed by atoms with van der Waals surface area (Å²) in [5.74, 6) is 0.141. The summed E-state index contributed by atoms with van der Waals surface area (Å²) in [7, 11) is -3.84. The van der Waals surface area contributed by atoms with Crippen molar-refractivity contribution in [3.05, 3.63) is 131 Å². The van der Waals surface area contributed by atoms with Gasteiger partial charge in [-0.3, -0.25) is 0 Å². The minimum Gasteiger partial charge on any atom is -0.376 e. The van der Waals surface area contributed by atoms with E-state index in [0.717, 1.165) is 22.3 Å². The second kappa shape index (κ2) is 14.0. The first kappa shape index (κ1) is 32.7. The van der Waals surface area contributed by atoms with Gasteiger partial charge in [-0.05, 0) is 57.1 Å². The van der Waals surface area contributed by atoms with Crippen LogP contribution < -0.4 is 0 Å². The predicted octanol–water partition coefficient (Wildman–Crippen LogP) is 8.78. The average Bonchev–Trinajstić information content (AvgIpc) is 3.02. The molecule has 228 valence electrons. The molecular weight excluding hydrogens is 552 g/mol. The lowest BCUT2D eigenvalue weighted by Crippen LogP contribution is -2.33. The van der Waals surface area contributed by atoms with E-state index in [4.69, 9.17) is 9.47 Å². The predicted molar refractivity (Wildman–Crippen MR) is 175 cm³/mol. The lowest BCUT2D eigenvalue weighted by molar-refractivity contribution is 0.0686. The number of hydrogen-bond donors (Lipinski definition) is 0. The Morgan fingerprint density at radius 2 is 0.860 bits per heavy atom. The average molecular weight is 599 g/mol. The molecule has 0 spiro atoms. The standard InChI is InChI=1S/C38H46O4S/c1-29(25-41-27-31-17-9-7-10-18-31)37(3,4)33-21-13-15-23-35(33)43(39,40)36-24-16-14-22-34(36)38(5,6)30(2)26-42-28-32-19-11-8-12-20-32/h7-24,29-30H,25-28H2,1-6H3/t29-,30-/m0/s1. The lowest BCUT2D eigenvalue weighted by atomic mass is 9.74. The van der Waals surface area contributed by atoms with Gasteiger partial charge in [0.1, 0.15) is 0 Å². The van der Waals surface area contributed by atoms with Gasteiger partial charge in [0.25, 0.3) is 0 Å². The highest BCUT2D eigenvalue weighted by atomic mass is 32.2. The highest BCUT2D eigenvalue weighted by Crippen LogP contribution is 2.41. The van der Waals surface area contributed by atoms with Gasteiger partial charge < -0.3 is 9.47 Å². The maximum absolute atomic E-state index is 14.5. The minimum atomic E-state index is -3.84. The Hall–Kier alpha value is -3.25. The first-order valence-electron chi connectivity index (χ1n) is 15.1. The van der Waals surface area contributed by atoms with Crippen molar-refractivity contribution in [1.82, 2.24) is 0 Å². The summed E-state index contributed by atoms with van der Waals surface area (Å²) in [6, 6.07) is 35.1. The van der Waals surface area contributed by atoms with Crippen molar-refractivity contribution in [2.75, 3.05) is 13.2 Å². The first-order valence-corrected chi connectivity index (χ1v) is 16.6. The fourth-order valence-electron chi connectivity index (χ4n) is 5.39. The fraction of sp³-hybridized carbons (Fsp3) is 0.368. The molecule has 4 aromatic carbocycles. The summed E-state index contributed by atoms with van der Waals surface area (Å²) in [5.41, 5.74) is 2.94. The third-order valence-corrected chi connectivity index (χ3v) is 11.0. The van der Waals surface area contributed by atoms with Crippen molar-refractivity contribution in [3.8, 4) is 0 Å². The molecule has 0 aliphatic heterocycles. The van der Waals surface area contributed by atoms with E-state index in [2.05, 4.69) is 41.5 Å². The maximum Gasteiger partial charge on any atom is 0.207 e. The van der Waals surface area contributed by atoms with E-state index >= 15 is 0 Å². The number of ether oxygens (including phenoxy) is 2. The third-order valence-electron chi connectivity index (χ3n) is 9.16. The summed E-state index contributed by atoms with van der Waals surface area (Å²) in [6.07, 6.45) is 0. The van der Waals surface area contributed by atoms with E-state index in [-0.39, 0.29) is 11.8 Å². The molecule has 0 heterocycles. The van der Waals surface area contributed by atoms with E-state index in [1.165, 1.54) is 0 Å². The molecule has 0 unspecified atom stereocenters. The second-order valence-electron chi connectivity index (χ2n) is 12.7. The molecule has 0 bridgehead atoms. The zero-order chi connectivity index (χ0) is 31.1. The van der Waals surface area contributed by atoms with Crippen molar-refractivity contribution >= 4 is 9.84 Å². The van der Waals surface area contributed by atoms with E-state index in [0.29, 0.717) is 36.2 Å². The van der Waals surface area contributed by atoms with Gasteiger partial charge in [0.15, 0.2) is 0 Å². The van der Waals surface area contributed by atoms with Gasteiger partial charge in [-0.15, -0.1) is 0 Å². The Bertz CT molecular complexity index is 1450. The van der Waals surface area contributed by atoms with Crippen LogP contribution in [0.4, 0.5) is 0 Å². The Balaban J connectivity index is 1.58. The molecule has 0 saturated heterocycles. The lowest BCUT2D eigenvalue weighted by Gasteiger charge is -2.35. The molecule has 4 aromatic rings. The van der Waals surface area contributed by atoms with Crippen LogP contribution in [-0.2, 0) is 43.4 Å². The summed E-state index contributed by atoms with van der Waals surface area (Å²) >= 11 is 0. The second-order valence-corrected chi connectivity index (χ2v) is 14.6. The molecule has 0 aliphatic carbocycles. The summed E-state index contributed by atoms with van der Waals surface area (Å²) < 4.78 is 41.3. The monoisotopic (exact) mass is 598 g/mol. The van der Waals surface area contributed by atoms with Crippen LogP contribution in [0.25, 0.3) is 0 Å².